The average molecular weight is 258 g/mol. The summed E-state index contributed by atoms with van der Waals surface area (Å²) in [5.41, 5.74) is 0. The van der Waals surface area contributed by atoms with Gasteiger partial charge >= 0.3 is 0 Å². The van der Waals surface area contributed by atoms with Crippen molar-refractivity contribution in [2.45, 2.75) is 12.8 Å². The fourth-order valence-electron chi connectivity index (χ4n) is 1.96. The van der Waals surface area contributed by atoms with Crippen LogP contribution in [-0.4, -0.2) is 54.6 Å². The normalized spacial score (nSPS) is 24.4. The number of nitrogens with zero attached hydrogens (tertiary/aromatic N) is 1. The second-order valence-corrected chi connectivity index (χ2v) is 5.43. The van der Waals surface area contributed by atoms with Crippen molar-refractivity contribution in [3.63, 3.8) is 0 Å². The minimum Gasteiger partial charge on any atom is -0.381 e. The Balaban J connectivity index is 1.58. The van der Waals surface area contributed by atoms with Gasteiger partial charge in [-0.1, -0.05) is 11.8 Å². The number of hydrogen-bond acceptors (Lipinski definition) is 4. The molecule has 6 heteroatoms. The van der Waals surface area contributed by atoms with E-state index in [1.54, 1.807) is 4.90 Å². The Kier molecular flexibility index (Phi) is 4.67. The van der Waals surface area contributed by atoms with Crippen molar-refractivity contribution in [3.8, 4) is 0 Å². The molecule has 2 aliphatic rings. The highest BCUT2D eigenvalue weighted by Gasteiger charge is 2.21. The van der Waals surface area contributed by atoms with Gasteiger partial charge in [0, 0.05) is 44.3 Å². The van der Waals surface area contributed by atoms with Crippen LogP contribution in [-0.2, 0) is 9.53 Å². The third kappa shape index (κ3) is 3.89. The molecule has 0 aromatic carbocycles. The maximum absolute atomic E-state index is 11.6. The van der Waals surface area contributed by atoms with Crippen LogP contribution in [0.3, 0.4) is 0 Å². The summed E-state index contributed by atoms with van der Waals surface area (Å²) >= 11 is 1.33. The lowest BCUT2D eigenvalue weighted by Gasteiger charge is -2.14. The van der Waals surface area contributed by atoms with E-state index in [0.29, 0.717) is 25.4 Å². The van der Waals surface area contributed by atoms with Gasteiger partial charge in [0.25, 0.3) is 5.24 Å². The highest BCUT2D eigenvalue weighted by molar-refractivity contribution is 8.13. The summed E-state index contributed by atoms with van der Waals surface area (Å²) < 4.78 is 5.24. The molecule has 0 spiro atoms. The van der Waals surface area contributed by atoms with E-state index in [1.807, 2.05) is 0 Å². The Hall–Kier alpha value is -0.750. The van der Waals surface area contributed by atoms with E-state index in [4.69, 9.17) is 4.74 Å². The van der Waals surface area contributed by atoms with E-state index < -0.39 is 0 Å². The number of nitrogens with one attached hydrogen (secondary N) is 1. The van der Waals surface area contributed by atoms with E-state index >= 15 is 0 Å². The molecule has 2 rings (SSSR count). The predicted molar refractivity (Wildman–Crippen MR) is 66.0 cm³/mol. The SMILES string of the molecule is O=C(CCN1CCSC1=O)NCC1CCOC1. The van der Waals surface area contributed by atoms with Crippen molar-refractivity contribution in [2.75, 3.05) is 38.6 Å². The van der Waals surface area contributed by atoms with Crippen LogP contribution in [0, 0.1) is 5.92 Å². The van der Waals surface area contributed by atoms with Crippen LogP contribution in [0.1, 0.15) is 12.8 Å². The van der Waals surface area contributed by atoms with Gasteiger partial charge in [-0.05, 0) is 6.42 Å². The van der Waals surface area contributed by atoms with E-state index in [1.165, 1.54) is 11.8 Å². The van der Waals surface area contributed by atoms with Gasteiger partial charge in [0.2, 0.25) is 5.91 Å². The predicted octanol–water partition coefficient (Wildman–Crippen LogP) is 0.698. The van der Waals surface area contributed by atoms with Crippen LogP contribution in [0.15, 0.2) is 0 Å². The van der Waals surface area contributed by atoms with Gasteiger partial charge in [0.05, 0.1) is 6.61 Å². The van der Waals surface area contributed by atoms with Crippen molar-refractivity contribution in [3.05, 3.63) is 0 Å². The van der Waals surface area contributed by atoms with Crippen molar-refractivity contribution in [1.29, 1.82) is 0 Å². The first kappa shape index (κ1) is 12.7. The van der Waals surface area contributed by atoms with Crippen LogP contribution in [0.4, 0.5) is 4.79 Å². The lowest BCUT2D eigenvalue weighted by Crippen LogP contribution is -2.33. The maximum Gasteiger partial charge on any atom is 0.281 e. The Bertz CT molecular complexity index is 292. The Morgan fingerprint density at radius 1 is 1.59 bits per heavy atom. The fourth-order valence-corrected chi connectivity index (χ4v) is 2.81. The second-order valence-electron chi connectivity index (χ2n) is 4.39. The summed E-state index contributed by atoms with van der Waals surface area (Å²) in [5, 5.41) is 3.00. The molecule has 17 heavy (non-hydrogen) atoms. The molecule has 2 fully saturated rings. The van der Waals surface area contributed by atoms with Gasteiger partial charge < -0.3 is 15.0 Å². The summed E-state index contributed by atoms with van der Waals surface area (Å²) in [5.74, 6) is 1.34. The highest BCUT2D eigenvalue weighted by atomic mass is 32.2. The number of ether oxygens (including phenoxy) is 1. The molecule has 1 unspecified atom stereocenters. The molecule has 2 saturated heterocycles. The van der Waals surface area contributed by atoms with Crippen LogP contribution < -0.4 is 5.32 Å². The third-order valence-electron chi connectivity index (χ3n) is 3.07. The Morgan fingerprint density at radius 2 is 2.47 bits per heavy atom. The minimum atomic E-state index is 0.0293. The van der Waals surface area contributed by atoms with Gasteiger partial charge in [-0.2, -0.15) is 0 Å². The van der Waals surface area contributed by atoms with Gasteiger partial charge in [-0.3, -0.25) is 9.59 Å². The largest absolute Gasteiger partial charge is 0.381 e. The maximum atomic E-state index is 11.6. The molecule has 0 saturated carbocycles. The number of carbonyl (C=O) groups is 2. The summed E-state index contributed by atoms with van der Waals surface area (Å²) in [6.07, 6.45) is 1.43. The van der Waals surface area contributed by atoms with Crippen molar-refractivity contribution in [1.82, 2.24) is 10.2 Å². The first-order chi connectivity index (χ1) is 8.25. The standard InChI is InChI=1S/C11H18N2O3S/c14-10(12-7-9-2-5-16-8-9)1-3-13-4-6-17-11(13)15/h9H,1-8H2,(H,12,14). The van der Waals surface area contributed by atoms with Gasteiger partial charge in [-0.25, -0.2) is 0 Å². The average Bonchev–Trinajstić information content (AvgIpc) is 2.95. The van der Waals surface area contributed by atoms with E-state index in [-0.39, 0.29) is 11.1 Å². The second kappa shape index (κ2) is 6.26. The van der Waals surface area contributed by atoms with E-state index in [9.17, 15) is 9.59 Å². The van der Waals surface area contributed by atoms with Crippen molar-refractivity contribution >= 4 is 22.9 Å². The molecule has 0 radical (unpaired) electrons. The zero-order valence-corrected chi connectivity index (χ0v) is 10.6. The molecule has 5 nitrogen and oxygen atoms in total. The molecule has 96 valence electrons. The zero-order valence-electron chi connectivity index (χ0n) is 9.81. The number of carbonyl (C=O) groups excluding carboxylic acids is 2. The zero-order chi connectivity index (χ0) is 12.1. The van der Waals surface area contributed by atoms with Crippen LogP contribution in [0.5, 0.6) is 0 Å². The van der Waals surface area contributed by atoms with Crippen molar-refractivity contribution < 1.29 is 14.3 Å². The Labute approximate surface area is 105 Å². The molecule has 0 aromatic rings. The summed E-state index contributed by atoms with van der Waals surface area (Å²) in [6.45, 7) is 3.56. The quantitative estimate of drug-likeness (QED) is 0.788. The molecule has 0 bridgehead atoms. The molecule has 2 amide bonds. The monoisotopic (exact) mass is 258 g/mol. The third-order valence-corrected chi connectivity index (χ3v) is 3.96. The molecule has 2 aliphatic heterocycles. The van der Waals surface area contributed by atoms with E-state index in [2.05, 4.69) is 5.32 Å². The topological polar surface area (TPSA) is 58.6 Å². The van der Waals surface area contributed by atoms with Crippen LogP contribution in [0.2, 0.25) is 0 Å². The smallest absolute Gasteiger partial charge is 0.281 e. The van der Waals surface area contributed by atoms with Gasteiger partial charge in [0.15, 0.2) is 0 Å². The molecule has 0 aromatic heterocycles. The van der Waals surface area contributed by atoms with E-state index in [0.717, 1.165) is 31.9 Å². The molecule has 1 atom stereocenters. The summed E-state index contributed by atoms with van der Waals surface area (Å²) in [7, 11) is 0. The number of rotatable bonds is 5. The first-order valence-corrected chi connectivity index (χ1v) is 7.00. The summed E-state index contributed by atoms with van der Waals surface area (Å²) in [6, 6.07) is 0. The van der Waals surface area contributed by atoms with Crippen molar-refractivity contribution in [2.24, 2.45) is 5.92 Å². The van der Waals surface area contributed by atoms with Crippen LogP contribution >= 0.6 is 11.8 Å². The highest BCUT2D eigenvalue weighted by Crippen LogP contribution is 2.17. The first-order valence-electron chi connectivity index (χ1n) is 6.02. The Morgan fingerprint density at radius 3 is 3.12 bits per heavy atom. The number of hydrogen-bond donors (Lipinski definition) is 1. The molecular weight excluding hydrogens is 240 g/mol. The van der Waals surface area contributed by atoms with Gasteiger partial charge in [-0.15, -0.1) is 0 Å². The molecule has 1 N–H and O–H groups in total. The number of thioether (sulfide) groups is 1. The minimum absolute atomic E-state index is 0.0293. The lowest BCUT2D eigenvalue weighted by molar-refractivity contribution is -0.121. The number of amides is 2. The molecule has 0 aliphatic carbocycles. The summed E-state index contributed by atoms with van der Waals surface area (Å²) in [4.78, 5) is 24.6. The van der Waals surface area contributed by atoms with Crippen LogP contribution in [0.25, 0.3) is 0 Å². The molecular formula is C11H18N2O3S. The van der Waals surface area contributed by atoms with Gasteiger partial charge in [0.1, 0.15) is 0 Å². The fraction of sp³-hybridized carbons (Fsp3) is 0.818. The molecule has 2 heterocycles. The lowest BCUT2D eigenvalue weighted by atomic mass is 10.1.